The molecule has 0 aliphatic heterocycles. The summed E-state index contributed by atoms with van der Waals surface area (Å²) in [6.45, 7) is 0.505. The summed E-state index contributed by atoms with van der Waals surface area (Å²) in [5, 5.41) is 4.63. The van der Waals surface area contributed by atoms with Gasteiger partial charge in [-0.3, -0.25) is 0 Å². The van der Waals surface area contributed by atoms with Gasteiger partial charge in [0.2, 0.25) is 5.89 Å². The molecule has 4 aromatic rings. The third-order valence-electron chi connectivity index (χ3n) is 4.96. The molecule has 0 spiro atoms. The summed E-state index contributed by atoms with van der Waals surface area (Å²) in [5.41, 5.74) is 1.30. The van der Waals surface area contributed by atoms with Gasteiger partial charge in [0.25, 0.3) is 0 Å². The summed E-state index contributed by atoms with van der Waals surface area (Å²) < 4.78 is 46.7. The van der Waals surface area contributed by atoms with Crippen molar-refractivity contribution >= 4 is 22.8 Å². The summed E-state index contributed by atoms with van der Waals surface area (Å²) in [6.07, 6.45) is -2.26. The third-order valence-corrected chi connectivity index (χ3v) is 5.94. The maximum absolute atomic E-state index is 13.1. The molecule has 2 aromatic carbocycles. The number of imidazole rings is 1. The van der Waals surface area contributed by atoms with Gasteiger partial charge in [0.1, 0.15) is 0 Å². The molecule has 2 aromatic heterocycles. The molecule has 1 fully saturated rings. The minimum Gasteiger partial charge on any atom is -0.339 e. The van der Waals surface area contributed by atoms with Crippen LogP contribution in [0.3, 0.4) is 0 Å². The van der Waals surface area contributed by atoms with E-state index in [1.807, 2.05) is 34.9 Å². The highest BCUT2D eigenvalue weighted by molar-refractivity contribution is 7.98. The highest BCUT2D eigenvalue weighted by Gasteiger charge is 2.31. The molecule has 0 atom stereocenters. The number of alkyl halides is 3. The molecular weight excluding hydrogens is 413 g/mol. The van der Waals surface area contributed by atoms with Gasteiger partial charge in [0.15, 0.2) is 11.0 Å². The number of hydrogen-bond donors (Lipinski definition) is 0. The molecule has 0 radical (unpaired) electrons. The number of fused-ring (bicyclic) bond motifs is 1. The van der Waals surface area contributed by atoms with E-state index in [1.54, 1.807) is 0 Å². The van der Waals surface area contributed by atoms with Crippen molar-refractivity contribution in [3.05, 3.63) is 71.4 Å². The zero-order chi connectivity index (χ0) is 20.7. The van der Waals surface area contributed by atoms with Crippen LogP contribution in [0.25, 0.3) is 11.0 Å². The van der Waals surface area contributed by atoms with Crippen molar-refractivity contribution in [1.29, 1.82) is 0 Å². The second-order valence-corrected chi connectivity index (χ2v) is 8.22. The van der Waals surface area contributed by atoms with Crippen LogP contribution in [0.15, 0.2) is 58.2 Å². The minimum atomic E-state index is -4.41. The monoisotopic (exact) mass is 430 g/mol. The maximum atomic E-state index is 13.1. The molecule has 0 bridgehead atoms. The largest absolute Gasteiger partial charge is 0.416 e. The number of halogens is 3. The zero-order valence-electron chi connectivity index (χ0n) is 15.8. The van der Waals surface area contributed by atoms with Gasteiger partial charge in [-0.2, -0.15) is 18.2 Å². The first-order valence-electron chi connectivity index (χ1n) is 9.54. The average Bonchev–Trinajstić information content (AvgIpc) is 3.37. The van der Waals surface area contributed by atoms with Gasteiger partial charge < -0.3 is 9.09 Å². The Hall–Kier alpha value is -2.81. The Balaban J connectivity index is 1.47. The number of thioether (sulfide) groups is 1. The molecule has 1 aliphatic rings. The average molecular weight is 430 g/mol. The van der Waals surface area contributed by atoms with Crippen LogP contribution in [-0.2, 0) is 18.5 Å². The lowest BCUT2D eigenvalue weighted by atomic mass is 10.2. The van der Waals surface area contributed by atoms with Crippen molar-refractivity contribution in [2.45, 2.75) is 42.4 Å². The molecule has 5 nitrogen and oxygen atoms in total. The lowest BCUT2D eigenvalue weighted by molar-refractivity contribution is -0.137. The van der Waals surface area contributed by atoms with E-state index in [-0.39, 0.29) is 0 Å². The second-order valence-electron chi connectivity index (χ2n) is 7.28. The molecule has 1 saturated carbocycles. The Kier molecular flexibility index (Phi) is 4.77. The van der Waals surface area contributed by atoms with E-state index >= 15 is 0 Å². The molecule has 0 saturated heterocycles. The molecule has 0 amide bonds. The normalized spacial score (nSPS) is 14.5. The van der Waals surface area contributed by atoms with Crippen LogP contribution < -0.4 is 0 Å². The molecule has 9 heteroatoms. The molecule has 30 heavy (non-hydrogen) atoms. The van der Waals surface area contributed by atoms with Crippen molar-refractivity contribution in [2.24, 2.45) is 0 Å². The van der Waals surface area contributed by atoms with Crippen LogP contribution in [0, 0.1) is 0 Å². The van der Waals surface area contributed by atoms with Gasteiger partial charge in [-0.25, -0.2) is 4.98 Å². The van der Waals surface area contributed by atoms with Crippen LogP contribution >= 0.6 is 11.8 Å². The fourth-order valence-electron chi connectivity index (χ4n) is 3.26. The quantitative estimate of drug-likeness (QED) is 0.370. The van der Waals surface area contributed by atoms with E-state index in [0.717, 1.165) is 30.5 Å². The fraction of sp³-hybridized carbons (Fsp3) is 0.286. The smallest absolute Gasteiger partial charge is 0.339 e. The predicted octanol–water partition coefficient (Wildman–Crippen LogP) is 5.66. The first kappa shape index (κ1) is 19.2. The first-order chi connectivity index (χ1) is 14.5. The molecule has 1 aliphatic carbocycles. The Morgan fingerprint density at radius 3 is 2.60 bits per heavy atom. The number of hydrogen-bond acceptors (Lipinski definition) is 5. The lowest BCUT2D eigenvalue weighted by Gasteiger charge is -2.09. The molecule has 0 unspecified atom stereocenters. The van der Waals surface area contributed by atoms with E-state index in [9.17, 15) is 13.2 Å². The third kappa shape index (κ3) is 3.94. The molecule has 154 valence electrons. The highest BCUT2D eigenvalue weighted by atomic mass is 32.2. The van der Waals surface area contributed by atoms with E-state index in [0.29, 0.717) is 46.1 Å². The maximum Gasteiger partial charge on any atom is 0.416 e. The van der Waals surface area contributed by atoms with Gasteiger partial charge in [-0.15, -0.1) is 0 Å². The van der Waals surface area contributed by atoms with Crippen LogP contribution in [-0.4, -0.2) is 19.7 Å². The number of benzene rings is 2. The van der Waals surface area contributed by atoms with Crippen LogP contribution in [0.1, 0.15) is 41.6 Å². The zero-order valence-corrected chi connectivity index (χ0v) is 16.6. The van der Waals surface area contributed by atoms with E-state index in [2.05, 4.69) is 15.1 Å². The highest BCUT2D eigenvalue weighted by Crippen LogP contribution is 2.39. The summed E-state index contributed by atoms with van der Waals surface area (Å²) >= 11 is 1.39. The van der Waals surface area contributed by atoms with Crippen molar-refractivity contribution < 1.29 is 17.7 Å². The second kappa shape index (κ2) is 7.46. The predicted molar refractivity (Wildman–Crippen MR) is 106 cm³/mol. The molecule has 5 rings (SSSR count). The Morgan fingerprint density at radius 2 is 1.87 bits per heavy atom. The summed E-state index contributed by atoms with van der Waals surface area (Å²) in [6, 6.07) is 13.4. The fourth-order valence-corrected chi connectivity index (χ4v) is 4.12. The molecular formula is C21H17F3N4OS. The SMILES string of the molecule is FC(F)(F)c1ccc2c(c1)nc(SCc1noc(C3CC3)n1)n2Cc1ccccc1. The Bertz CT molecular complexity index is 1180. The first-order valence-corrected chi connectivity index (χ1v) is 10.5. The Morgan fingerprint density at radius 1 is 1.07 bits per heavy atom. The van der Waals surface area contributed by atoms with Crippen molar-refractivity contribution in [3.8, 4) is 0 Å². The van der Waals surface area contributed by atoms with Gasteiger partial charge in [-0.05, 0) is 36.6 Å². The van der Waals surface area contributed by atoms with Crippen molar-refractivity contribution in [3.63, 3.8) is 0 Å². The van der Waals surface area contributed by atoms with Crippen LogP contribution in [0.4, 0.5) is 13.2 Å². The molecule has 2 heterocycles. The van der Waals surface area contributed by atoms with Crippen molar-refractivity contribution in [1.82, 2.24) is 19.7 Å². The van der Waals surface area contributed by atoms with E-state index in [1.165, 1.54) is 17.8 Å². The number of aromatic nitrogens is 4. The Labute approximate surface area is 174 Å². The lowest BCUT2D eigenvalue weighted by Crippen LogP contribution is -2.05. The number of rotatable bonds is 6. The van der Waals surface area contributed by atoms with Crippen molar-refractivity contribution in [2.75, 3.05) is 0 Å². The van der Waals surface area contributed by atoms with Gasteiger partial charge >= 0.3 is 6.18 Å². The van der Waals surface area contributed by atoms with Gasteiger partial charge in [-0.1, -0.05) is 47.3 Å². The summed E-state index contributed by atoms with van der Waals surface area (Å²) in [7, 11) is 0. The van der Waals surface area contributed by atoms with Gasteiger partial charge in [0.05, 0.1) is 28.9 Å². The van der Waals surface area contributed by atoms with E-state index < -0.39 is 11.7 Å². The topological polar surface area (TPSA) is 56.7 Å². The van der Waals surface area contributed by atoms with E-state index in [4.69, 9.17) is 4.52 Å². The summed E-state index contributed by atoms with van der Waals surface area (Å²) in [5.74, 6) is 2.04. The molecule has 0 N–H and O–H groups in total. The number of nitrogens with zero attached hydrogens (tertiary/aromatic N) is 4. The van der Waals surface area contributed by atoms with Crippen LogP contribution in [0.2, 0.25) is 0 Å². The summed E-state index contributed by atoms with van der Waals surface area (Å²) in [4.78, 5) is 8.91. The standard InChI is InChI=1S/C21H17F3N4OS/c22-21(23,24)15-8-9-17-16(10-15)25-20(28(17)11-13-4-2-1-3-5-13)30-12-18-26-19(29-27-18)14-6-7-14/h1-5,8-10,14H,6-7,11-12H2. The van der Waals surface area contributed by atoms with Gasteiger partial charge in [0, 0.05) is 5.92 Å². The minimum absolute atomic E-state index is 0.315. The van der Waals surface area contributed by atoms with Crippen LogP contribution in [0.5, 0.6) is 0 Å².